The standard InChI is InChI=1S/C25H37N3O6/c1-3-16(2)24(34-15-17-10-6-4-7-11-17)20-22(25(31)26-14-19(29)30)27-21(23(20)28(32)33)18-12-8-5-9-13-18/h4,6-7,10-11,16,18,20-24,27H,3,5,8-9,12-15H2,1-2H3,(H,26,31)(H,29,30)/t16-,20?,21?,22?,23?,24-/m0/s1. The molecule has 9 nitrogen and oxygen atoms in total. The van der Waals surface area contributed by atoms with Crippen molar-refractivity contribution in [2.24, 2.45) is 17.8 Å². The normalized spacial score (nSPS) is 27.1. The van der Waals surface area contributed by atoms with Crippen LogP contribution in [-0.2, 0) is 20.9 Å². The highest BCUT2D eigenvalue weighted by Gasteiger charge is 2.58. The lowest BCUT2D eigenvalue weighted by Crippen LogP contribution is -2.51. The summed E-state index contributed by atoms with van der Waals surface area (Å²) in [5.74, 6) is -2.31. The zero-order chi connectivity index (χ0) is 24.7. The van der Waals surface area contributed by atoms with Crippen molar-refractivity contribution < 1.29 is 24.4 Å². The number of carbonyl (C=O) groups excluding carboxylic acids is 1. The highest BCUT2D eigenvalue weighted by atomic mass is 16.6. The molecule has 3 rings (SSSR count). The van der Waals surface area contributed by atoms with Gasteiger partial charge in [0.1, 0.15) is 6.54 Å². The molecule has 34 heavy (non-hydrogen) atoms. The molecule has 0 spiro atoms. The fraction of sp³-hybridized carbons (Fsp3) is 0.680. The number of ether oxygens (including phenoxy) is 1. The van der Waals surface area contributed by atoms with E-state index in [2.05, 4.69) is 10.6 Å². The third-order valence-electron chi connectivity index (χ3n) is 7.49. The molecule has 1 aliphatic heterocycles. The van der Waals surface area contributed by atoms with Gasteiger partial charge >= 0.3 is 5.97 Å². The van der Waals surface area contributed by atoms with Crippen molar-refractivity contribution in [3.63, 3.8) is 0 Å². The van der Waals surface area contributed by atoms with Crippen molar-refractivity contribution in [1.82, 2.24) is 10.6 Å². The van der Waals surface area contributed by atoms with Crippen LogP contribution in [0.25, 0.3) is 0 Å². The third kappa shape index (κ3) is 6.33. The summed E-state index contributed by atoms with van der Waals surface area (Å²) in [7, 11) is 0. The highest BCUT2D eigenvalue weighted by Crippen LogP contribution is 2.39. The van der Waals surface area contributed by atoms with Gasteiger partial charge in [0.05, 0.1) is 30.7 Å². The second-order valence-corrected chi connectivity index (χ2v) is 9.68. The lowest BCUT2D eigenvalue weighted by atomic mass is 9.76. The molecule has 188 valence electrons. The van der Waals surface area contributed by atoms with Crippen molar-refractivity contribution in [2.75, 3.05) is 6.54 Å². The molecule has 1 saturated heterocycles. The Labute approximate surface area is 200 Å². The van der Waals surface area contributed by atoms with Crippen LogP contribution in [0.4, 0.5) is 0 Å². The van der Waals surface area contributed by atoms with Gasteiger partial charge in [0.25, 0.3) is 0 Å². The lowest BCUT2D eigenvalue weighted by Gasteiger charge is -2.33. The Bertz CT molecular complexity index is 829. The molecule has 0 bridgehead atoms. The van der Waals surface area contributed by atoms with Gasteiger partial charge in [0.2, 0.25) is 11.9 Å². The van der Waals surface area contributed by atoms with E-state index in [9.17, 15) is 19.7 Å². The second-order valence-electron chi connectivity index (χ2n) is 9.68. The van der Waals surface area contributed by atoms with Crippen LogP contribution in [-0.4, -0.2) is 52.7 Å². The number of carboxylic acid groups (broad SMARTS) is 1. The van der Waals surface area contributed by atoms with Gasteiger partial charge in [-0.25, -0.2) is 0 Å². The predicted molar refractivity (Wildman–Crippen MR) is 127 cm³/mol. The molecule has 2 fully saturated rings. The third-order valence-corrected chi connectivity index (χ3v) is 7.49. The molecule has 9 heteroatoms. The van der Waals surface area contributed by atoms with Gasteiger partial charge in [-0.2, -0.15) is 0 Å². The van der Waals surface area contributed by atoms with Crippen LogP contribution in [0.5, 0.6) is 0 Å². The first kappa shape index (κ1) is 26.1. The van der Waals surface area contributed by atoms with E-state index in [4.69, 9.17) is 9.84 Å². The molecule has 1 heterocycles. The largest absolute Gasteiger partial charge is 0.480 e. The molecule has 3 N–H and O–H groups in total. The smallest absolute Gasteiger partial charge is 0.322 e. The SMILES string of the molecule is CC[C@H](C)[C@H](OCc1ccccc1)C1C(C(=O)NCC(=O)O)NC(C2CCCCC2)C1[N+](=O)[O-]. The fourth-order valence-electron chi connectivity index (χ4n) is 5.59. The average molecular weight is 476 g/mol. The Morgan fingerprint density at radius 2 is 1.91 bits per heavy atom. The number of nitrogens with zero attached hydrogens (tertiary/aromatic N) is 1. The van der Waals surface area contributed by atoms with Crippen molar-refractivity contribution in [1.29, 1.82) is 0 Å². The number of carboxylic acids is 1. The molecule has 1 saturated carbocycles. The predicted octanol–water partition coefficient (Wildman–Crippen LogP) is 3.00. The fourth-order valence-corrected chi connectivity index (χ4v) is 5.59. The van der Waals surface area contributed by atoms with Crippen molar-refractivity contribution in [2.45, 2.75) is 83.2 Å². The Kier molecular flexibility index (Phi) is 9.41. The van der Waals surface area contributed by atoms with Crippen molar-refractivity contribution >= 4 is 11.9 Å². The summed E-state index contributed by atoms with van der Waals surface area (Å²) in [5, 5.41) is 27.3. The van der Waals surface area contributed by atoms with Crippen LogP contribution in [0.15, 0.2) is 30.3 Å². The first-order chi connectivity index (χ1) is 16.3. The monoisotopic (exact) mass is 475 g/mol. The van der Waals surface area contributed by atoms with E-state index in [0.29, 0.717) is 0 Å². The lowest BCUT2D eigenvalue weighted by molar-refractivity contribution is -0.536. The van der Waals surface area contributed by atoms with Gasteiger partial charge in [-0.3, -0.25) is 25.0 Å². The summed E-state index contributed by atoms with van der Waals surface area (Å²) < 4.78 is 6.35. The molecular formula is C25H37N3O6. The van der Waals surface area contributed by atoms with Crippen molar-refractivity contribution in [3.8, 4) is 0 Å². The number of hydrogen-bond acceptors (Lipinski definition) is 6. The number of benzene rings is 1. The average Bonchev–Trinajstić information content (AvgIpc) is 3.24. The van der Waals surface area contributed by atoms with Gasteiger partial charge in [-0.1, -0.05) is 69.9 Å². The number of carbonyl (C=O) groups is 2. The molecular weight excluding hydrogens is 438 g/mol. The molecule has 6 atom stereocenters. The highest BCUT2D eigenvalue weighted by molar-refractivity contribution is 5.86. The zero-order valence-electron chi connectivity index (χ0n) is 20.0. The van der Waals surface area contributed by atoms with E-state index in [1.54, 1.807) is 0 Å². The summed E-state index contributed by atoms with van der Waals surface area (Å²) in [4.78, 5) is 36.4. The van der Waals surface area contributed by atoms with Crippen LogP contribution >= 0.6 is 0 Å². The minimum Gasteiger partial charge on any atom is -0.480 e. The van der Waals surface area contributed by atoms with E-state index >= 15 is 0 Å². The van der Waals surface area contributed by atoms with Crippen molar-refractivity contribution in [3.05, 3.63) is 46.0 Å². The molecule has 1 aromatic carbocycles. The van der Waals surface area contributed by atoms with Crippen LogP contribution in [0.2, 0.25) is 0 Å². The summed E-state index contributed by atoms with van der Waals surface area (Å²) >= 11 is 0. The molecule has 1 aromatic rings. The Hall–Kier alpha value is -2.52. The Morgan fingerprint density at radius 3 is 2.50 bits per heavy atom. The quantitative estimate of drug-likeness (QED) is 0.331. The topological polar surface area (TPSA) is 131 Å². The van der Waals surface area contributed by atoms with E-state index in [0.717, 1.165) is 44.1 Å². The van der Waals surface area contributed by atoms with E-state index in [1.165, 1.54) is 0 Å². The van der Waals surface area contributed by atoms with Gasteiger partial charge in [0.15, 0.2) is 0 Å². The Balaban J connectivity index is 1.94. The van der Waals surface area contributed by atoms with Gasteiger partial charge in [-0.15, -0.1) is 0 Å². The number of nitrogens with one attached hydrogen (secondary N) is 2. The van der Waals surface area contributed by atoms with Crippen LogP contribution < -0.4 is 10.6 Å². The number of nitro groups is 1. The number of aliphatic carboxylic acids is 1. The van der Waals surface area contributed by atoms with E-state index in [-0.39, 0.29) is 23.4 Å². The van der Waals surface area contributed by atoms with Gasteiger partial charge in [-0.05, 0) is 30.2 Å². The molecule has 4 unspecified atom stereocenters. The zero-order valence-corrected chi connectivity index (χ0v) is 20.0. The van der Waals surface area contributed by atoms with Crippen LogP contribution in [0, 0.1) is 27.9 Å². The summed E-state index contributed by atoms with van der Waals surface area (Å²) in [6.45, 7) is 3.76. The number of amides is 1. The van der Waals surface area contributed by atoms with E-state index < -0.39 is 48.6 Å². The second kappa shape index (κ2) is 12.3. The molecule has 0 aromatic heterocycles. The molecule has 1 amide bonds. The minimum absolute atomic E-state index is 0.0298. The summed E-state index contributed by atoms with van der Waals surface area (Å²) in [6.07, 6.45) is 5.13. The maximum atomic E-state index is 13.1. The van der Waals surface area contributed by atoms with Crippen LogP contribution in [0.3, 0.4) is 0 Å². The summed E-state index contributed by atoms with van der Waals surface area (Å²) in [6, 6.07) is 7.28. The number of rotatable bonds is 11. The van der Waals surface area contributed by atoms with E-state index in [1.807, 2.05) is 44.2 Å². The first-order valence-electron chi connectivity index (χ1n) is 12.4. The summed E-state index contributed by atoms with van der Waals surface area (Å²) in [5.41, 5.74) is 0.954. The molecule has 0 radical (unpaired) electrons. The maximum Gasteiger partial charge on any atom is 0.322 e. The number of hydrogen-bond donors (Lipinski definition) is 3. The molecule has 2 aliphatic rings. The maximum absolute atomic E-state index is 13.1. The Morgan fingerprint density at radius 1 is 1.24 bits per heavy atom. The van der Waals surface area contributed by atoms with Gasteiger partial charge in [0, 0.05) is 4.92 Å². The molecule has 1 aliphatic carbocycles. The van der Waals surface area contributed by atoms with Gasteiger partial charge < -0.3 is 15.2 Å². The minimum atomic E-state index is -1.16. The van der Waals surface area contributed by atoms with Crippen LogP contribution in [0.1, 0.15) is 57.9 Å². The first-order valence-corrected chi connectivity index (χ1v) is 12.4.